The maximum Gasteiger partial charge on any atom is -0.0166 e. The third-order valence-electron chi connectivity index (χ3n) is 1.98. The lowest BCUT2D eigenvalue weighted by atomic mass is 10.1. The molecule has 65 valence electrons. The van der Waals surface area contributed by atoms with Gasteiger partial charge in [0.15, 0.2) is 0 Å². The normalized spacial score (nSPS) is 28.0. The van der Waals surface area contributed by atoms with Gasteiger partial charge in [0, 0.05) is 0 Å². The molecule has 1 aliphatic rings. The summed E-state index contributed by atoms with van der Waals surface area (Å²) in [6.45, 7) is 0. The van der Waals surface area contributed by atoms with Crippen molar-refractivity contribution in [3.8, 4) is 0 Å². The van der Waals surface area contributed by atoms with E-state index in [9.17, 15) is 0 Å². The van der Waals surface area contributed by atoms with Crippen molar-refractivity contribution < 1.29 is 0 Å². The highest BCUT2D eigenvalue weighted by atomic mass is 13.9. The summed E-state index contributed by atoms with van der Waals surface area (Å²) in [5, 5.41) is 0. The van der Waals surface area contributed by atoms with Crippen LogP contribution in [-0.2, 0) is 0 Å². The van der Waals surface area contributed by atoms with Gasteiger partial charge in [-0.25, -0.2) is 0 Å². The highest BCUT2D eigenvalue weighted by Gasteiger charge is 1.86. The number of allylic oxidation sites excluding steroid dienone is 6. The van der Waals surface area contributed by atoms with E-state index in [4.69, 9.17) is 0 Å². The Morgan fingerprint density at radius 2 is 1.92 bits per heavy atom. The molecule has 0 atom stereocenters. The van der Waals surface area contributed by atoms with Crippen LogP contribution in [0.3, 0.4) is 0 Å². The monoisotopic (exact) mass is 161 g/mol. The molecule has 0 aromatic carbocycles. The molecule has 0 aliphatic heterocycles. The molecule has 1 aliphatic carbocycles. The van der Waals surface area contributed by atoms with Gasteiger partial charge in [0.1, 0.15) is 0 Å². The largest absolute Gasteiger partial charge is 0.0882 e. The molecule has 0 N–H and O–H groups in total. The van der Waals surface area contributed by atoms with Gasteiger partial charge in [0.25, 0.3) is 0 Å². The van der Waals surface area contributed by atoms with Gasteiger partial charge in [-0.1, -0.05) is 36.8 Å². The van der Waals surface area contributed by atoms with E-state index >= 15 is 0 Å². The number of hydrogen-bond acceptors (Lipinski definition) is 0. The van der Waals surface area contributed by atoms with Gasteiger partial charge in [-0.15, -0.1) is 0 Å². The standard InChI is InChI=1S/C12H17/c1-2-4-6-8-10-12-11-9-7-5-3-1/h1-3,6,8H,4,7,9-12H2/b2-1-,5-3?,8-6+. The Morgan fingerprint density at radius 1 is 0.917 bits per heavy atom. The molecule has 1 rings (SSSR count). The van der Waals surface area contributed by atoms with Crippen LogP contribution in [0.25, 0.3) is 0 Å². The first-order valence-corrected chi connectivity index (χ1v) is 4.87. The Bertz CT molecular complexity index is 172. The lowest BCUT2D eigenvalue weighted by Crippen LogP contribution is -1.76. The third kappa shape index (κ3) is 4.95. The molecular weight excluding hydrogens is 144 g/mol. The van der Waals surface area contributed by atoms with Crippen LogP contribution >= 0.6 is 0 Å². The Hall–Kier alpha value is -0.780. The molecule has 0 saturated heterocycles. The summed E-state index contributed by atoms with van der Waals surface area (Å²) in [5.74, 6) is 0. The molecule has 0 aromatic rings. The summed E-state index contributed by atoms with van der Waals surface area (Å²) in [5.41, 5.74) is 0. The van der Waals surface area contributed by atoms with Gasteiger partial charge in [-0.2, -0.15) is 0 Å². The van der Waals surface area contributed by atoms with Gasteiger partial charge in [-0.05, 0) is 38.2 Å². The lowest BCUT2D eigenvalue weighted by molar-refractivity contribution is 0.690. The van der Waals surface area contributed by atoms with Crippen molar-refractivity contribution >= 4 is 0 Å². The topological polar surface area (TPSA) is 0 Å². The fourth-order valence-electron chi connectivity index (χ4n) is 1.26. The molecule has 0 spiro atoms. The fourth-order valence-corrected chi connectivity index (χ4v) is 1.26. The Morgan fingerprint density at radius 3 is 2.92 bits per heavy atom. The first-order valence-electron chi connectivity index (χ1n) is 4.87. The van der Waals surface area contributed by atoms with Crippen LogP contribution in [0.5, 0.6) is 0 Å². The van der Waals surface area contributed by atoms with Crippen LogP contribution in [0, 0.1) is 6.08 Å². The minimum Gasteiger partial charge on any atom is -0.0882 e. The van der Waals surface area contributed by atoms with E-state index in [2.05, 4.69) is 30.4 Å². The second-order valence-electron chi connectivity index (χ2n) is 3.11. The molecule has 0 bridgehead atoms. The zero-order valence-electron chi connectivity index (χ0n) is 7.63. The summed E-state index contributed by atoms with van der Waals surface area (Å²) >= 11 is 0. The van der Waals surface area contributed by atoms with Crippen molar-refractivity contribution in [2.45, 2.75) is 38.5 Å². The molecule has 0 aromatic heterocycles. The minimum atomic E-state index is 1.07. The number of rotatable bonds is 0. The molecule has 12 heavy (non-hydrogen) atoms. The van der Waals surface area contributed by atoms with Crippen LogP contribution in [0.4, 0.5) is 0 Å². The predicted molar refractivity (Wildman–Crippen MR) is 53.8 cm³/mol. The first kappa shape index (κ1) is 9.31. The average Bonchev–Trinajstić information content (AvgIpc) is 2.05. The molecule has 0 amide bonds. The summed E-state index contributed by atoms with van der Waals surface area (Å²) in [6.07, 6.45) is 21.5. The van der Waals surface area contributed by atoms with Gasteiger partial charge in [0.05, 0.1) is 0 Å². The first-order chi connectivity index (χ1) is 6.00. The molecule has 0 nitrogen and oxygen atoms in total. The van der Waals surface area contributed by atoms with Gasteiger partial charge < -0.3 is 0 Å². The van der Waals surface area contributed by atoms with Crippen LogP contribution in [0.2, 0.25) is 0 Å². The maximum atomic E-state index is 3.27. The third-order valence-corrected chi connectivity index (χ3v) is 1.98. The van der Waals surface area contributed by atoms with E-state index in [-0.39, 0.29) is 0 Å². The van der Waals surface area contributed by atoms with E-state index in [1.807, 2.05) is 6.08 Å². The quantitative estimate of drug-likeness (QED) is 0.474. The second kappa shape index (κ2) is 6.90. The Balaban J connectivity index is 2.31. The van der Waals surface area contributed by atoms with Crippen molar-refractivity contribution in [3.05, 3.63) is 36.5 Å². The van der Waals surface area contributed by atoms with Gasteiger partial charge in [0.2, 0.25) is 0 Å². The summed E-state index contributed by atoms with van der Waals surface area (Å²) < 4.78 is 0. The van der Waals surface area contributed by atoms with Crippen LogP contribution in [0.1, 0.15) is 38.5 Å². The Kier molecular flexibility index (Phi) is 5.35. The molecule has 0 saturated carbocycles. The smallest absolute Gasteiger partial charge is 0.0166 e. The zero-order valence-corrected chi connectivity index (χ0v) is 7.63. The van der Waals surface area contributed by atoms with E-state index in [0.717, 1.165) is 12.8 Å². The van der Waals surface area contributed by atoms with Crippen molar-refractivity contribution in [3.63, 3.8) is 0 Å². The predicted octanol–water partition coefficient (Wildman–Crippen LogP) is 3.81. The van der Waals surface area contributed by atoms with Crippen molar-refractivity contribution in [2.24, 2.45) is 0 Å². The van der Waals surface area contributed by atoms with Crippen LogP contribution < -0.4 is 0 Å². The van der Waals surface area contributed by atoms with Crippen molar-refractivity contribution in [2.75, 3.05) is 0 Å². The summed E-state index contributed by atoms with van der Waals surface area (Å²) in [6, 6.07) is 0. The Labute approximate surface area is 75.7 Å². The fraction of sp³-hybridized carbons (Fsp3) is 0.500. The molecule has 0 heterocycles. The molecule has 0 fully saturated rings. The molecule has 0 unspecified atom stereocenters. The highest BCUT2D eigenvalue weighted by molar-refractivity contribution is 5.02. The summed E-state index contributed by atoms with van der Waals surface area (Å²) in [7, 11) is 0. The molecule has 1 radical (unpaired) electrons. The van der Waals surface area contributed by atoms with E-state index in [0.29, 0.717) is 0 Å². The zero-order chi connectivity index (χ0) is 8.49. The minimum absolute atomic E-state index is 1.07. The van der Waals surface area contributed by atoms with Crippen molar-refractivity contribution in [1.29, 1.82) is 0 Å². The van der Waals surface area contributed by atoms with Gasteiger partial charge in [-0.3, -0.25) is 0 Å². The summed E-state index contributed by atoms with van der Waals surface area (Å²) in [4.78, 5) is 0. The average molecular weight is 161 g/mol. The molecule has 0 heteroatoms. The van der Waals surface area contributed by atoms with E-state index in [1.54, 1.807) is 0 Å². The second-order valence-corrected chi connectivity index (χ2v) is 3.11. The number of hydrogen-bond donors (Lipinski definition) is 0. The lowest BCUT2D eigenvalue weighted by Gasteiger charge is -1.95. The van der Waals surface area contributed by atoms with Crippen LogP contribution in [-0.4, -0.2) is 0 Å². The van der Waals surface area contributed by atoms with E-state index in [1.165, 1.54) is 25.7 Å². The molecular formula is C12H17. The van der Waals surface area contributed by atoms with Crippen LogP contribution in [0.15, 0.2) is 30.4 Å². The maximum absolute atomic E-state index is 3.27. The van der Waals surface area contributed by atoms with Crippen molar-refractivity contribution in [1.82, 2.24) is 0 Å². The van der Waals surface area contributed by atoms with Gasteiger partial charge >= 0.3 is 0 Å². The highest BCUT2D eigenvalue weighted by Crippen LogP contribution is 2.05. The SMILES string of the molecule is [C]1=C/C=C\C/C=C/CCCCC/1. The van der Waals surface area contributed by atoms with E-state index < -0.39 is 0 Å².